The van der Waals surface area contributed by atoms with Gasteiger partial charge in [0.15, 0.2) is 0 Å². The number of halogens is 1. The Morgan fingerprint density at radius 2 is 1.88 bits per heavy atom. The van der Waals surface area contributed by atoms with E-state index in [4.69, 9.17) is 0 Å². The van der Waals surface area contributed by atoms with Gasteiger partial charge in [0.2, 0.25) is 5.91 Å². The number of carbonyl (C=O) groups is 3. The highest BCUT2D eigenvalue weighted by atomic mass is 19.1. The lowest BCUT2D eigenvalue weighted by Gasteiger charge is -2.24. The van der Waals surface area contributed by atoms with Gasteiger partial charge in [0.05, 0.1) is 0 Å². The zero-order chi connectivity index (χ0) is 18.6. The molecular weight excluding hydrogens is 325 g/mol. The molecule has 0 spiro atoms. The molecule has 1 atom stereocenters. The van der Waals surface area contributed by atoms with Gasteiger partial charge >= 0.3 is 6.03 Å². The maximum absolute atomic E-state index is 14.1. The van der Waals surface area contributed by atoms with Gasteiger partial charge in [-0.1, -0.05) is 30.4 Å². The van der Waals surface area contributed by atoms with Gasteiger partial charge in [-0.25, -0.2) is 9.18 Å². The third-order valence-corrected chi connectivity index (χ3v) is 4.03. The van der Waals surface area contributed by atoms with E-state index in [2.05, 4.69) is 18.5 Å². The van der Waals surface area contributed by atoms with Crippen LogP contribution in [0.4, 0.5) is 9.18 Å². The Bertz CT molecular complexity index is 724. The maximum Gasteiger partial charge on any atom is 0.325 e. The highest BCUT2D eigenvalue weighted by molar-refractivity contribution is 6.09. The van der Waals surface area contributed by atoms with Gasteiger partial charge in [-0.05, 0) is 13.0 Å². The highest BCUT2D eigenvalue weighted by Crippen LogP contribution is 2.30. The lowest BCUT2D eigenvalue weighted by atomic mass is 9.91. The second-order valence-corrected chi connectivity index (χ2v) is 5.80. The van der Waals surface area contributed by atoms with Crippen LogP contribution in [0, 0.1) is 5.82 Å². The summed E-state index contributed by atoms with van der Waals surface area (Å²) in [4.78, 5) is 39.5. The van der Waals surface area contributed by atoms with E-state index >= 15 is 0 Å². The van der Waals surface area contributed by atoms with Crippen molar-refractivity contribution in [2.75, 3.05) is 19.6 Å². The van der Waals surface area contributed by atoms with Gasteiger partial charge in [0, 0.05) is 18.7 Å². The fourth-order valence-electron chi connectivity index (χ4n) is 2.71. The molecule has 1 N–H and O–H groups in total. The first kappa shape index (κ1) is 18.4. The van der Waals surface area contributed by atoms with Crippen molar-refractivity contribution in [1.82, 2.24) is 15.1 Å². The van der Waals surface area contributed by atoms with E-state index < -0.39 is 35.7 Å². The van der Waals surface area contributed by atoms with Gasteiger partial charge in [0.1, 0.15) is 17.9 Å². The molecule has 1 unspecified atom stereocenters. The molecule has 1 aromatic carbocycles. The minimum absolute atomic E-state index is 0.0531. The SMILES string of the molecule is C=CCN(CC=C)C(=O)CN1C(=O)NC(C)(c2ccccc2F)C1=O. The maximum atomic E-state index is 14.1. The zero-order valence-corrected chi connectivity index (χ0v) is 14.0. The first-order valence-corrected chi connectivity index (χ1v) is 7.73. The Kier molecular flexibility index (Phi) is 5.36. The number of hydrogen-bond acceptors (Lipinski definition) is 3. The van der Waals surface area contributed by atoms with E-state index in [9.17, 15) is 18.8 Å². The van der Waals surface area contributed by atoms with E-state index in [0.29, 0.717) is 0 Å². The van der Waals surface area contributed by atoms with Crippen molar-refractivity contribution in [3.63, 3.8) is 0 Å². The van der Waals surface area contributed by atoms with Crippen molar-refractivity contribution in [1.29, 1.82) is 0 Å². The van der Waals surface area contributed by atoms with Crippen molar-refractivity contribution in [2.24, 2.45) is 0 Å². The largest absolute Gasteiger partial charge is 0.334 e. The quantitative estimate of drug-likeness (QED) is 0.605. The molecule has 2 rings (SSSR count). The van der Waals surface area contributed by atoms with Crippen molar-refractivity contribution < 1.29 is 18.8 Å². The third-order valence-electron chi connectivity index (χ3n) is 4.03. The second kappa shape index (κ2) is 7.29. The Morgan fingerprint density at radius 3 is 2.44 bits per heavy atom. The smallest absolute Gasteiger partial charge is 0.325 e. The summed E-state index contributed by atoms with van der Waals surface area (Å²) < 4.78 is 14.1. The zero-order valence-electron chi connectivity index (χ0n) is 14.0. The van der Waals surface area contributed by atoms with Crippen molar-refractivity contribution in [3.05, 3.63) is 61.0 Å². The average molecular weight is 345 g/mol. The van der Waals surface area contributed by atoms with Gasteiger partial charge < -0.3 is 10.2 Å². The summed E-state index contributed by atoms with van der Waals surface area (Å²) in [6.45, 7) is 8.65. The number of rotatable bonds is 7. The molecule has 1 fully saturated rings. The molecule has 7 heteroatoms. The summed E-state index contributed by atoms with van der Waals surface area (Å²) in [6, 6.07) is 4.98. The summed E-state index contributed by atoms with van der Waals surface area (Å²) in [5, 5.41) is 2.48. The molecule has 25 heavy (non-hydrogen) atoms. The van der Waals surface area contributed by atoms with Crippen LogP contribution in [0.25, 0.3) is 0 Å². The summed E-state index contributed by atoms with van der Waals surface area (Å²) in [7, 11) is 0. The van der Waals surface area contributed by atoms with Crippen molar-refractivity contribution in [3.8, 4) is 0 Å². The van der Waals surface area contributed by atoms with Crippen LogP contribution in [-0.4, -0.2) is 47.3 Å². The van der Waals surface area contributed by atoms with Gasteiger partial charge in [-0.15, -0.1) is 13.2 Å². The molecule has 1 aromatic rings. The summed E-state index contributed by atoms with van der Waals surface area (Å²) in [5.41, 5.74) is -1.50. The fourth-order valence-corrected chi connectivity index (χ4v) is 2.71. The number of amides is 4. The van der Waals surface area contributed by atoms with Crippen LogP contribution in [0.1, 0.15) is 12.5 Å². The monoisotopic (exact) mass is 345 g/mol. The molecule has 1 saturated heterocycles. The fraction of sp³-hybridized carbons (Fsp3) is 0.278. The van der Waals surface area contributed by atoms with Crippen LogP contribution < -0.4 is 5.32 Å². The van der Waals surface area contributed by atoms with Crippen LogP contribution in [0.15, 0.2) is 49.6 Å². The normalized spacial score (nSPS) is 19.5. The predicted octanol–water partition coefficient (Wildman–Crippen LogP) is 1.79. The Hall–Kier alpha value is -2.96. The van der Waals surface area contributed by atoms with Crippen molar-refractivity contribution in [2.45, 2.75) is 12.5 Å². The van der Waals surface area contributed by atoms with E-state index in [1.54, 1.807) is 6.07 Å². The average Bonchev–Trinajstić information content (AvgIpc) is 2.79. The molecule has 0 radical (unpaired) electrons. The molecule has 0 aromatic heterocycles. The van der Waals surface area contributed by atoms with Crippen LogP contribution in [0.5, 0.6) is 0 Å². The van der Waals surface area contributed by atoms with Crippen LogP contribution >= 0.6 is 0 Å². The number of nitrogens with one attached hydrogen (secondary N) is 1. The first-order chi connectivity index (χ1) is 11.8. The molecule has 4 amide bonds. The van der Waals surface area contributed by atoms with E-state index in [1.165, 1.54) is 42.2 Å². The van der Waals surface area contributed by atoms with Crippen LogP contribution in [0.3, 0.4) is 0 Å². The molecule has 132 valence electrons. The molecule has 0 saturated carbocycles. The van der Waals surface area contributed by atoms with Crippen LogP contribution in [0.2, 0.25) is 0 Å². The Balaban J connectivity index is 2.24. The topological polar surface area (TPSA) is 69.7 Å². The van der Waals surface area contributed by atoms with Crippen molar-refractivity contribution >= 4 is 17.8 Å². The lowest BCUT2D eigenvalue weighted by molar-refractivity contribution is -0.138. The van der Waals surface area contributed by atoms with E-state index in [0.717, 1.165) is 4.90 Å². The summed E-state index contributed by atoms with van der Waals surface area (Å²) in [5.74, 6) is -1.71. The number of benzene rings is 1. The standard InChI is InChI=1S/C18H20FN3O3/c1-4-10-21(11-5-2)15(23)12-22-16(24)18(3,20-17(22)25)13-8-6-7-9-14(13)19/h4-9H,1-2,10-12H2,3H3,(H,20,25). The molecule has 0 aliphatic carbocycles. The van der Waals surface area contributed by atoms with E-state index in [-0.39, 0.29) is 18.7 Å². The Labute approximate surface area is 145 Å². The number of carbonyl (C=O) groups excluding carboxylic acids is 3. The number of hydrogen-bond donors (Lipinski definition) is 1. The third kappa shape index (κ3) is 3.45. The van der Waals surface area contributed by atoms with Gasteiger partial charge in [0.25, 0.3) is 5.91 Å². The van der Waals surface area contributed by atoms with E-state index in [1.807, 2.05) is 0 Å². The number of imide groups is 1. The molecular formula is C18H20FN3O3. The predicted molar refractivity (Wildman–Crippen MR) is 91.0 cm³/mol. The molecule has 6 nitrogen and oxygen atoms in total. The number of urea groups is 1. The lowest BCUT2D eigenvalue weighted by Crippen LogP contribution is -2.45. The minimum atomic E-state index is -1.55. The van der Waals surface area contributed by atoms with Gasteiger partial charge in [-0.3, -0.25) is 14.5 Å². The second-order valence-electron chi connectivity index (χ2n) is 5.80. The Morgan fingerprint density at radius 1 is 1.28 bits per heavy atom. The number of nitrogens with zero attached hydrogens (tertiary/aromatic N) is 2. The molecule has 0 bridgehead atoms. The van der Waals surface area contributed by atoms with Crippen LogP contribution in [-0.2, 0) is 15.1 Å². The molecule has 1 aliphatic heterocycles. The summed E-state index contributed by atoms with van der Waals surface area (Å²) >= 11 is 0. The molecule has 1 heterocycles. The summed E-state index contributed by atoms with van der Waals surface area (Å²) in [6.07, 6.45) is 3.08. The highest BCUT2D eigenvalue weighted by Gasteiger charge is 2.50. The molecule has 1 aliphatic rings. The van der Waals surface area contributed by atoms with Gasteiger partial charge in [-0.2, -0.15) is 0 Å². The minimum Gasteiger partial charge on any atom is -0.334 e. The first-order valence-electron chi connectivity index (χ1n) is 7.73.